The second-order valence-corrected chi connectivity index (χ2v) is 2.99. The molecule has 1 heterocycles. The van der Waals surface area contributed by atoms with Crippen molar-refractivity contribution in [2.24, 2.45) is 0 Å². The highest BCUT2D eigenvalue weighted by molar-refractivity contribution is 6.67. The Hall–Kier alpha value is -0.830. The monoisotopic (exact) mass is 186 g/mol. The van der Waals surface area contributed by atoms with E-state index >= 15 is 0 Å². The molecule has 0 radical (unpaired) electrons. The molecular formula is C8H11ClN2O. The Morgan fingerprint density at radius 3 is 2.42 bits per heavy atom. The first-order chi connectivity index (χ1) is 5.57. The zero-order chi connectivity index (χ0) is 9.30. The molecule has 12 heavy (non-hydrogen) atoms. The molecular weight excluding hydrogens is 176 g/mol. The number of carbonyl (C=O) groups is 1. The van der Waals surface area contributed by atoms with Gasteiger partial charge in [-0.2, -0.15) is 5.10 Å². The molecule has 1 aromatic heterocycles. The highest BCUT2D eigenvalue weighted by Gasteiger charge is 2.14. The van der Waals surface area contributed by atoms with Gasteiger partial charge >= 0.3 is 0 Å². The third kappa shape index (κ3) is 1.37. The van der Waals surface area contributed by atoms with Crippen LogP contribution in [0.4, 0.5) is 0 Å². The second kappa shape index (κ2) is 3.27. The molecule has 1 rings (SSSR count). The van der Waals surface area contributed by atoms with Gasteiger partial charge in [-0.25, -0.2) is 0 Å². The Kier molecular flexibility index (Phi) is 2.52. The van der Waals surface area contributed by atoms with E-state index in [0.29, 0.717) is 5.69 Å². The van der Waals surface area contributed by atoms with Gasteiger partial charge in [0.2, 0.25) is 0 Å². The van der Waals surface area contributed by atoms with E-state index in [1.165, 1.54) is 0 Å². The normalized spacial score (nSPS) is 10.3. The molecule has 0 bridgehead atoms. The van der Waals surface area contributed by atoms with Gasteiger partial charge in [-0.05, 0) is 32.4 Å². The fourth-order valence-corrected chi connectivity index (χ4v) is 1.31. The van der Waals surface area contributed by atoms with Crippen LogP contribution in [0, 0.1) is 13.8 Å². The van der Waals surface area contributed by atoms with Crippen LogP contribution in [-0.4, -0.2) is 15.0 Å². The van der Waals surface area contributed by atoms with Crippen molar-refractivity contribution in [3.63, 3.8) is 0 Å². The molecule has 0 saturated heterocycles. The van der Waals surface area contributed by atoms with E-state index < -0.39 is 5.24 Å². The van der Waals surface area contributed by atoms with Crippen molar-refractivity contribution in [2.75, 3.05) is 0 Å². The number of nitrogens with zero attached hydrogens (tertiary/aromatic N) is 2. The summed E-state index contributed by atoms with van der Waals surface area (Å²) < 4.78 is 1.77. The first-order valence-corrected chi connectivity index (χ1v) is 4.19. The smallest absolute Gasteiger partial charge is 0.272 e. The summed E-state index contributed by atoms with van der Waals surface area (Å²) in [6, 6.07) is 0. The first kappa shape index (κ1) is 9.26. The summed E-state index contributed by atoms with van der Waals surface area (Å²) in [7, 11) is 0. The van der Waals surface area contributed by atoms with Gasteiger partial charge in [0.1, 0.15) is 5.69 Å². The van der Waals surface area contributed by atoms with Gasteiger partial charge in [-0.3, -0.25) is 9.48 Å². The molecule has 0 unspecified atom stereocenters. The summed E-state index contributed by atoms with van der Waals surface area (Å²) in [4.78, 5) is 10.8. The van der Waals surface area contributed by atoms with Gasteiger partial charge in [0.05, 0.1) is 0 Å². The number of aryl methyl sites for hydroxylation is 1. The fraction of sp³-hybridized carbons (Fsp3) is 0.500. The molecule has 0 fully saturated rings. The molecule has 0 saturated carbocycles. The summed E-state index contributed by atoms with van der Waals surface area (Å²) >= 11 is 5.34. The summed E-state index contributed by atoms with van der Waals surface area (Å²) in [6.07, 6.45) is 0. The molecule has 0 aliphatic carbocycles. The number of carbonyl (C=O) groups excluding carboxylic acids is 1. The maximum Gasteiger partial charge on any atom is 0.272 e. The lowest BCUT2D eigenvalue weighted by Gasteiger charge is -1.96. The fourth-order valence-electron chi connectivity index (χ4n) is 1.13. The summed E-state index contributed by atoms with van der Waals surface area (Å²) in [6.45, 7) is 6.51. The molecule has 0 aliphatic rings. The number of aromatic nitrogens is 2. The van der Waals surface area contributed by atoms with Gasteiger partial charge in [0.15, 0.2) is 0 Å². The molecule has 0 amide bonds. The Labute approximate surface area is 76.3 Å². The third-order valence-corrected chi connectivity index (χ3v) is 2.17. The summed E-state index contributed by atoms with van der Waals surface area (Å²) in [5.41, 5.74) is 2.24. The van der Waals surface area contributed by atoms with Crippen LogP contribution in [0.5, 0.6) is 0 Å². The van der Waals surface area contributed by atoms with E-state index in [-0.39, 0.29) is 0 Å². The quantitative estimate of drug-likeness (QED) is 0.662. The van der Waals surface area contributed by atoms with Gasteiger partial charge in [0, 0.05) is 17.8 Å². The minimum absolute atomic E-state index is 0.371. The zero-order valence-electron chi connectivity index (χ0n) is 7.39. The molecule has 4 heteroatoms. The average molecular weight is 187 g/mol. The van der Waals surface area contributed by atoms with Crippen LogP contribution in [0.3, 0.4) is 0 Å². The highest BCUT2D eigenvalue weighted by atomic mass is 35.5. The van der Waals surface area contributed by atoms with Gasteiger partial charge in [-0.1, -0.05) is 0 Å². The number of hydrogen-bond donors (Lipinski definition) is 0. The van der Waals surface area contributed by atoms with Crippen molar-refractivity contribution in [1.29, 1.82) is 0 Å². The topological polar surface area (TPSA) is 34.9 Å². The highest BCUT2D eigenvalue weighted by Crippen LogP contribution is 2.13. The van der Waals surface area contributed by atoms with E-state index in [2.05, 4.69) is 5.10 Å². The van der Waals surface area contributed by atoms with Crippen LogP contribution < -0.4 is 0 Å². The van der Waals surface area contributed by atoms with Crippen molar-refractivity contribution in [3.8, 4) is 0 Å². The van der Waals surface area contributed by atoms with E-state index in [1.54, 1.807) is 4.68 Å². The summed E-state index contributed by atoms with van der Waals surface area (Å²) in [5, 5.41) is 3.58. The molecule has 0 N–H and O–H groups in total. The van der Waals surface area contributed by atoms with E-state index in [0.717, 1.165) is 17.8 Å². The SMILES string of the molecule is CCn1nc(C(=O)Cl)c(C)c1C. The maximum absolute atomic E-state index is 10.8. The Bertz CT molecular complexity index is 317. The van der Waals surface area contributed by atoms with Crippen LogP contribution in [0.25, 0.3) is 0 Å². The summed E-state index contributed by atoms with van der Waals surface area (Å²) in [5.74, 6) is 0. The molecule has 0 atom stereocenters. The van der Waals surface area contributed by atoms with Crippen LogP contribution >= 0.6 is 11.6 Å². The predicted octanol–water partition coefficient (Wildman–Crippen LogP) is 1.90. The molecule has 0 aliphatic heterocycles. The maximum atomic E-state index is 10.8. The van der Waals surface area contributed by atoms with Crippen molar-refractivity contribution >= 4 is 16.8 Å². The molecule has 3 nitrogen and oxygen atoms in total. The van der Waals surface area contributed by atoms with Gasteiger partial charge < -0.3 is 0 Å². The predicted molar refractivity (Wildman–Crippen MR) is 47.6 cm³/mol. The van der Waals surface area contributed by atoms with E-state index in [9.17, 15) is 4.79 Å². The Balaban J connectivity index is 3.25. The van der Waals surface area contributed by atoms with Crippen molar-refractivity contribution in [1.82, 2.24) is 9.78 Å². The molecule has 0 spiro atoms. The second-order valence-electron chi connectivity index (χ2n) is 2.65. The number of hydrogen-bond acceptors (Lipinski definition) is 2. The molecule has 1 aromatic rings. The third-order valence-electron chi connectivity index (χ3n) is 1.99. The lowest BCUT2D eigenvalue weighted by atomic mass is 10.2. The Morgan fingerprint density at radius 2 is 2.17 bits per heavy atom. The standard InChI is InChI=1S/C8H11ClN2O/c1-4-11-6(3)5(2)7(10-11)8(9)12/h4H2,1-3H3. The average Bonchev–Trinajstić information content (AvgIpc) is 2.30. The largest absolute Gasteiger partial charge is 0.274 e. The van der Waals surface area contributed by atoms with Crippen LogP contribution in [-0.2, 0) is 6.54 Å². The van der Waals surface area contributed by atoms with E-state index in [4.69, 9.17) is 11.6 Å². The Morgan fingerprint density at radius 1 is 1.58 bits per heavy atom. The lowest BCUT2D eigenvalue weighted by Crippen LogP contribution is -1.99. The minimum Gasteiger partial charge on any atom is -0.274 e. The number of rotatable bonds is 2. The van der Waals surface area contributed by atoms with E-state index in [1.807, 2.05) is 20.8 Å². The minimum atomic E-state index is -0.484. The van der Waals surface area contributed by atoms with Crippen molar-refractivity contribution in [3.05, 3.63) is 17.0 Å². The van der Waals surface area contributed by atoms with Crippen molar-refractivity contribution < 1.29 is 4.79 Å². The molecule has 66 valence electrons. The van der Waals surface area contributed by atoms with Gasteiger partial charge in [0.25, 0.3) is 5.24 Å². The van der Waals surface area contributed by atoms with Crippen LogP contribution in [0.1, 0.15) is 28.7 Å². The lowest BCUT2D eigenvalue weighted by molar-refractivity contribution is 0.107. The van der Waals surface area contributed by atoms with Gasteiger partial charge in [-0.15, -0.1) is 0 Å². The zero-order valence-corrected chi connectivity index (χ0v) is 8.14. The van der Waals surface area contributed by atoms with Crippen molar-refractivity contribution in [2.45, 2.75) is 27.3 Å². The van der Waals surface area contributed by atoms with Crippen LogP contribution in [0.2, 0.25) is 0 Å². The molecule has 0 aromatic carbocycles. The number of halogens is 1. The van der Waals surface area contributed by atoms with Crippen LogP contribution in [0.15, 0.2) is 0 Å². The first-order valence-electron chi connectivity index (χ1n) is 3.81.